The topological polar surface area (TPSA) is 78.3 Å². The summed E-state index contributed by atoms with van der Waals surface area (Å²) in [5.74, 6) is -0.857. The third kappa shape index (κ3) is 3.09. The van der Waals surface area contributed by atoms with Crippen LogP contribution in [0.1, 0.15) is 37.5 Å². The molecule has 2 aliphatic heterocycles. The lowest BCUT2D eigenvalue weighted by atomic mass is 9.92. The van der Waals surface area contributed by atoms with Gasteiger partial charge in [-0.05, 0) is 24.1 Å². The highest BCUT2D eigenvalue weighted by Gasteiger charge is 2.73. The lowest BCUT2D eigenvalue weighted by Gasteiger charge is -2.26. The molecular weight excluding hydrogens is 378 g/mol. The Balaban J connectivity index is 1.79. The van der Waals surface area contributed by atoms with Crippen LogP contribution in [0.25, 0.3) is 6.08 Å². The smallest absolute Gasteiger partial charge is 0.273 e. The maximum atomic E-state index is 13.3. The molecule has 6 heteroatoms. The van der Waals surface area contributed by atoms with E-state index in [9.17, 15) is 14.4 Å². The summed E-state index contributed by atoms with van der Waals surface area (Å²) in [6, 6.07) is 16.1. The summed E-state index contributed by atoms with van der Waals surface area (Å²) in [5.41, 5.74) is 0.783. The Labute approximate surface area is 176 Å². The largest absolute Gasteiger partial charge is 0.327 e. The molecule has 0 radical (unpaired) electrons. The van der Waals surface area contributed by atoms with Gasteiger partial charge in [0.15, 0.2) is 11.7 Å². The number of hydrogen-bond acceptors (Lipinski definition) is 3. The normalized spacial score (nSPS) is 24.3. The van der Waals surface area contributed by atoms with E-state index in [1.54, 1.807) is 26.8 Å². The fourth-order valence-electron chi connectivity index (χ4n) is 3.91. The molecule has 2 unspecified atom stereocenters. The van der Waals surface area contributed by atoms with E-state index in [-0.39, 0.29) is 23.4 Å². The zero-order valence-corrected chi connectivity index (χ0v) is 17.5. The van der Waals surface area contributed by atoms with Crippen LogP contribution in [0, 0.1) is 12.3 Å². The predicted molar refractivity (Wildman–Crippen MR) is 114 cm³/mol. The molecular formula is C24H25N3O3. The number of fused-ring (bicyclic) bond motifs is 1. The standard InChI is InChI=1S/C24H25N3O3/c1-15-10-8-9-13-17(15)24(26-22(30)23(2,3)4)19-20(28)25-18(21(29)27(19)24)14-16-11-6-5-7-12-16/h5-14,19H,1-4H3,(H,25,28)(H,26,30)/b18-14-. The molecule has 6 nitrogen and oxygen atoms in total. The van der Waals surface area contributed by atoms with E-state index in [1.165, 1.54) is 4.90 Å². The van der Waals surface area contributed by atoms with Crippen molar-refractivity contribution in [3.8, 4) is 0 Å². The summed E-state index contributed by atoms with van der Waals surface area (Å²) in [6.07, 6.45) is 1.66. The third-order valence-electron chi connectivity index (χ3n) is 5.57. The van der Waals surface area contributed by atoms with E-state index in [2.05, 4.69) is 10.6 Å². The summed E-state index contributed by atoms with van der Waals surface area (Å²) in [6.45, 7) is 7.32. The molecule has 0 aliphatic carbocycles. The quantitative estimate of drug-likeness (QED) is 0.611. The predicted octanol–water partition coefficient (Wildman–Crippen LogP) is 2.69. The van der Waals surface area contributed by atoms with Gasteiger partial charge in [-0.25, -0.2) is 0 Å². The van der Waals surface area contributed by atoms with Crippen LogP contribution in [0.2, 0.25) is 0 Å². The molecule has 30 heavy (non-hydrogen) atoms. The molecule has 2 aromatic carbocycles. The van der Waals surface area contributed by atoms with Crippen molar-refractivity contribution in [3.63, 3.8) is 0 Å². The first kappa shape index (κ1) is 19.9. The fraction of sp³-hybridized carbons (Fsp3) is 0.292. The van der Waals surface area contributed by atoms with Gasteiger partial charge >= 0.3 is 0 Å². The lowest BCUT2D eigenvalue weighted by molar-refractivity contribution is -0.132. The Bertz CT molecular complexity index is 1070. The second-order valence-electron chi connectivity index (χ2n) is 8.82. The summed E-state index contributed by atoms with van der Waals surface area (Å²) < 4.78 is 0. The number of rotatable bonds is 3. The lowest BCUT2D eigenvalue weighted by Crippen LogP contribution is -2.46. The highest BCUT2D eigenvalue weighted by Crippen LogP contribution is 2.51. The summed E-state index contributed by atoms with van der Waals surface area (Å²) in [4.78, 5) is 40.8. The van der Waals surface area contributed by atoms with Crippen molar-refractivity contribution in [3.05, 3.63) is 77.0 Å². The zero-order valence-electron chi connectivity index (χ0n) is 17.5. The molecule has 4 rings (SSSR count). The van der Waals surface area contributed by atoms with Gasteiger partial charge in [-0.15, -0.1) is 0 Å². The van der Waals surface area contributed by atoms with Gasteiger partial charge in [-0.3, -0.25) is 19.3 Å². The summed E-state index contributed by atoms with van der Waals surface area (Å²) >= 11 is 0. The molecule has 0 aromatic heterocycles. The average Bonchev–Trinajstić information content (AvgIpc) is 3.36. The van der Waals surface area contributed by atoms with Crippen LogP contribution in [0.3, 0.4) is 0 Å². The Morgan fingerprint density at radius 2 is 1.70 bits per heavy atom. The minimum absolute atomic E-state index is 0.197. The Morgan fingerprint density at radius 1 is 1.07 bits per heavy atom. The van der Waals surface area contributed by atoms with Crippen molar-refractivity contribution in [2.24, 2.45) is 5.41 Å². The molecule has 154 valence electrons. The third-order valence-corrected chi connectivity index (χ3v) is 5.57. The number of piperazine rings is 1. The van der Waals surface area contributed by atoms with Crippen molar-refractivity contribution in [1.29, 1.82) is 0 Å². The van der Waals surface area contributed by atoms with E-state index in [0.29, 0.717) is 0 Å². The summed E-state index contributed by atoms with van der Waals surface area (Å²) in [5, 5.41) is 5.77. The molecule has 2 atom stereocenters. The molecule has 2 aliphatic rings. The van der Waals surface area contributed by atoms with E-state index in [0.717, 1.165) is 16.7 Å². The van der Waals surface area contributed by atoms with Crippen molar-refractivity contribution in [2.45, 2.75) is 39.4 Å². The van der Waals surface area contributed by atoms with Crippen molar-refractivity contribution < 1.29 is 14.4 Å². The number of benzene rings is 2. The van der Waals surface area contributed by atoms with Gasteiger partial charge in [0.1, 0.15) is 5.70 Å². The molecule has 2 saturated heterocycles. The average molecular weight is 403 g/mol. The first-order chi connectivity index (χ1) is 14.2. The van der Waals surface area contributed by atoms with Gasteiger partial charge in [0.25, 0.3) is 11.8 Å². The number of carbonyl (C=O) groups excluding carboxylic acids is 3. The summed E-state index contributed by atoms with van der Waals surface area (Å²) in [7, 11) is 0. The monoisotopic (exact) mass is 403 g/mol. The van der Waals surface area contributed by atoms with Crippen LogP contribution in [-0.2, 0) is 20.0 Å². The van der Waals surface area contributed by atoms with Gasteiger partial charge in [0, 0.05) is 11.0 Å². The van der Waals surface area contributed by atoms with Crippen LogP contribution in [0.5, 0.6) is 0 Å². The molecule has 3 amide bonds. The van der Waals surface area contributed by atoms with Crippen LogP contribution in [0.4, 0.5) is 0 Å². The fourth-order valence-corrected chi connectivity index (χ4v) is 3.91. The maximum Gasteiger partial charge on any atom is 0.273 e. The van der Waals surface area contributed by atoms with Gasteiger partial charge < -0.3 is 10.6 Å². The molecule has 0 bridgehead atoms. The van der Waals surface area contributed by atoms with Crippen molar-refractivity contribution in [2.75, 3.05) is 0 Å². The van der Waals surface area contributed by atoms with Crippen LogP contribution >= 0.6 is 0 Å². The Kier molecular flexibility index (Phi) is 4.53. The van der Waals surface area contributed by atoms with E-state index in [1.807, 2.05) is 61.5 Å². The minimum Gasteiger partial charge on any atom is -0.327 e. The number of nitrogens with zero attached hydrogens (tertiary/aromatic N) is 1. The molecule has 2 aromatic rings. The second kappa shape index (κ2) is 6.83. The molecule has 0 spiro atoms. The van der Waals surface area contributed by atoms with E-state index < -0.39 is 17.1 Å². The van der Waals surface area contributed by atoms with E-state index in [4.69, 9.17) is 0 Å². The molecule has 2 fully saturated rings. The van der Waals surface area contributed by atoms with Crippen molar-refractivity contribution in [1.82, 2.24) is 15.5 Å². The number of nitrogens with one attached hydrogen (secondary N) is 2. The second-order valence-corrected chi connectivity index (χ2v) is 8.82. The molecule has 0 saturated carbocycles. The maximum absolute atomic E-state index is 13.3. The van der Waals surface area contributed by atoms with Gasteiger partial charge in [0.05, 0.1) is 0 Å². The van der Waals surface area contributed by atoms with Gasteiger partial charge in [0.2, 0.25) is 5.91 Å². The zero-order chi connectivity index (χ0) is 21.7. The van der Waals surface area contributed by atoms with Crippen LogP contribution in [0.15, 0.2) is 60.3 Å². The molecule has 2 heterocycles. The van der Waals surface area contributed by atoms with Crippen LogP contribution < -0.4 is 10.6 Å². The Hall–Kier alpha value is -3.41. The highest BCUT2D eigenvalue weighted by molar-refractivity contribution is 6.12. The van der Waals surface area contributed by atoms with Gasteiger partial charge in [-0.1, -0.05) is 75.4 Å². The number of hydrogen-bond donors (Lipinski definition) is 2. The SMILES string of the molecule is Cc1ccccc1C1(NC(=O)C(C)(C)C)C2C(=O)N/C(=C\c3ccccc3)C(=O)N21. The number of aryl methyl sites for hydroxylation is 1. The first-order valence-electron chi connectivity index (χ1n) is 9.96. The van der Waals surface area contributed by atoms with Crippen LogP contribution in [-0.4, -0.2) is 28.7 Å². The molecule has 2 N–H and O–H groups in total. The highest BCUT2D eigenvalue weighted by atomic mass is 16.2. The Morgan fingerprint density at radius 3 is 2.33 bits per heavy atom. The van der Waals surface area contributed by atoms with E-state index >= 15 is 0 Å². The minimum atomic E-state index is -1.19. The first-order valence-corrected chi connectivity index (χ1v) is 9.96. The van der Waals surface area contributed by atoms with Gasteiger partial charge in [-0.2, -0.15) is 0 Å². The number of amides is 3. The van der Waals surface area contributed by atoms with Crippen molar-refractivity contribution >= 4 is 23.8 Å². The number of carbonyl (C=O) groups is 3.